The standard InChI is InChI=1S/C12H25S/c1-4-6-8-11(3)12(10-13)9-7-5-2/h11-12H,4-10H2,1-3H3. The van der Waals surface area contributed by atoms with Crippen LogP contribution in [0, 0.1) is 11.8 Å². The van der Waals surface area contributed by atoms with Gasteiger partial charge in [0.15, 0.2) is 0 Å². The first-order valence-electron chi connectivity index (χ1n) is 5.84. The average molecular weight is 201 g/mol. The third-order valence-corrected chi connectivity index (χ3v) is 3.39. The molecule has 0 aliphatic rings. The van der Waals surface area contributed by atoms with Gasteiger partial charge >= 0.3 is 0 Å². The molecule has 0 aliphatic carbocycles. The van der Waals surface area contributed by atoms with E-state index in [1.165, 1.54) is 38.5 Å². The van der Waals surface area contributed by atoms with E-state index in [2.05, 4.69) is 20.8 Å². The molecule has 0 fully saturated rings. The Hall–Kier alpha value is 0.350. The molecule has 2 atom stereocenters. The van der Waals surface area contributed by atoms with Crippen LogP contribution in [0.3, 0.4) is 0 Å². The first-order valence-corrected chi connectivity index (χ1v) is 6.42. The Morgan fingerprint density at radius 3 is 2.00 bits per heavy atom. The van der Waals surface area contributed by atoms with Crippen molar-refractivity contribution in [3.05, 3.63) is 0 Å². The second kappa shape index (κ2) is 8.93. The van der Waals surface area contributed by atoms with Crippen LogP contribution in [-0.2, 0) is 0 Å². The zero-order valence-corrected chi connectivity index (χ0v) is 10.3. The van der Waals surface area contributed by atoms with Crippen molar-refractivity contribution in [2.45, 2.75) is 59.3 Å². The van der Waals surface area contributed by atoms with Crippen LogP contribution in [0.5, 0.6) is 0 Å². The lowest BCUT2D eigenvalue weighted by Gasteiger charge is -2.21. The largest absolute Gasteiger partial charge is 0.0938 e. The van der Waals surface area contributed by atoms with Crippen molar-refractivity contribution in [1.29, 1.82) is 0 Å². The van der Waals surface area contributed by atoms with Crippen LogP contribution in [0.4, 0.5) is 0 Å². The van der Waals surface area contributed by atoms with Gasteiger partial charge < -0.3 is 0 Å². The first-order chi connectivity index (χ1) is 6.26. The molecule has 0 N–H and O–H groups in total. The van der Waals surface area contributed by atoms with Crippen LogP contribution in [0.25, 0.3) is 0 Å². The maximum Gasteiger partial charge on any atom is 0.00678 e. The van der Waals surface area contributed by atoms with Crippen LogP contribution in [0.15, 0.2) is 0 Å². The summed E-state index contributed by atoms with van der Waals surface area (Å²) in [6, 6.07) is 0. The fourth-order valence-electron chi connectivity index (χ4n) is 1.76. The van der Waals surface area contributed by atoms with E-state index in [9.17, 15) is 0 Å². The number of rotatable bonds is 8. The van der Waals surface area contributed by atoms with Crippen molar-refractivity contribution in [2.24, 2.45) is 11.8 Å². The van der Waals surface area contributed by atoms with E-state index in [1.54, 1.807) is 0 Å². The Morgan fingerprint density at radius 2 is 1.54 bits per heavy atom. The van der Waals surface area contributed by atoms with Crippen LogP contribution < -0.4 is 0 Å². The summed E-state index contributed by atoms with van der Waals surface area (Å²) in [4.78, 5) is 0. The number of unbranched alkanes of at least 4 members (excludes halogenated alkanes) is 2. The summed E-state index contributed by atoms with van der Waals surface area (Å²) in [6.07, 6.45) is 8.10. The maximum absolute atomic E-state index is 5.21. The molecular weight excluding hydrogens is 176 g/mol. The van der Waals surface area contributed by atoms with Crippen LogP contribution in [0.2, 0.25) is 0 Å². The zero-order valence-electron chi connectivity index (χ0n) is 9.51. The molecule has 13 heavy (non-hydrogen) atoms. The van der Waals surface area contributed by atoms with E-state index >= 15 is 0 Å². The Bertz CT molecular complexity index is 101. The minimum absolute atomic E-state index is 0.807. The van der Waals surface area contributed by atoms with Crippen molar-refractivity contribution in [3.63, 3.8) is 0 Å². The van der Waals surface area contributed by atoms with Crippen molar-refractivity contribution in [1.82, 2.24) is 0 Å². The van der Waals surface area contributed by atoms with E-state index in [4.69, 9.17) is 12.6 Å². The molecule has 79 valence electrons. The van der Waals surface area contributed by atoms with Gasteiger partial charge in [0.1, 0.15) is 0 Å². The molecule has 0 aliphatic heterocycles. The lowest BCUT2D eigenvalue weighted by atomic mass is 9.87. The van der Waals surface area contributed by atoms with E-state index in [-0.39, 0.29) is 0 Å². The third kappa shape index (κ3) is 6.42. The second-order valence-electron chi connectivity index (χ2n) is 4.19. The molecular formula is C12H25S. The van der Waals surface area contributed by atoms with Gasteiger partial charge in [-0.15, -0.1) is 0 Å². The van der Waals surface area contributed by atoms with Crippen molar-refractivity contribution >= 4 is 12.6 Å². The van der Waals surface area contributed by atoms with Gasteiger partial charge in [-0.3, -0.25) is 0 Å². The summed E-state index contributed by atoms with van der Waals surface area (Å²) in [6.45, 7) is 6.90. The van der Waals surface area contributed by atoms with Crippen LogP contribution in [0.1, 0.15) is 59.3 Å². The molecule has 0 nitrogen and oxygen atoms in total. The van der Waals surface area contributed by atoms with Gasteiger partial charge in [0, 0.05) is 5.75 Å². The fraction of sp³-hybridized carbons (Fsp3) is 1.00. The van der Waals surface area contributed by atoms with Gasteiger partial charge in [0.05, 0.1) is 0 Å². The maximum atomic E-state index is 5.21. The molecule has 0 rings (SSSR count). The molecule has 0 bridgehead atoms. The lowest BCUT2D eigenvalue weighted by Crippen LogP contribution is -2.13. The molecule has 0 saturated carbocycles. The van der Waals surface area contributed by atoms with Crippen molar-refractivity contribution < 1.29 is 0 Å². The van der Waals surface area contributed by atoms with E-state index < -0.39 is 0 Å². The average Bonchev–Trinajstić information content (AvgIpc) is 2.16. The smallest absolute Gasteiger partial charge is 0.00678 e. The van der Waals surface area contributed by atoms with E-state index in [1.807, 2.05) is 0 Å². The third-order valence-electron chi connectivity index (χ3n) is 2.96. The second-order valence-corrected chi connectivity index (χ2v) is 4.52. The van der Waals surface area contributed by atoms with Crippen molar-refractivity contribution in [2.75, 3.05) is 5.75 Å². The highest BCUT2D eigenvalue weighted by molar-refractivity contribution is 7.80. The number of hydrogen-bond donors (Lipinski definition) is 0. The Morgan fingerprint density at radius 1 is 1.00 bits per heavy atom. The van der Waals surface area contributed by atoms with Crippen molar-refractivity contribution in [3.8, 4) is 0 Å². The summed E-state index contributed by atoms with van der Waals surface area (Å²) >= 11 is 5.21. The fourth-order valence-corrected chi connectivity index (χ4v) is 2.26. The molecule has 1 heteroatoms. The normalized spacial score (nSPS) is 15.7. The topological polar surface area (TPSA) is 0 Å². The highest BCUT2D eigenvalue weighted by Crippen LogP contribution is 2.24. The lowest BCUT2D eigenvalue weighted by molar-refractivity contribution is 0.335. The molecule has 0 aromatic heterocycles. The van der Waals surface area contributed by atoms with Gasteiger partial charge in [-0.2, -0.15) is 0 Å². The van der Waals surface area contributed by atoms with E-state index in [0.717, 1.165) is 17.6 Å². The molecule has 1 radical (unpaired) electrons. The Kier molecular flexibility index (Phi) is 9.17. The summed E-state index contributed by atoms with van der Waals surface area (Å²) < 4.78 is 0. The molecule has 0 amide bonds. The highest BCUT2D eigenvalue weighted by atomic mass is 32.1. The SMILES string of the molecule is CCCCC(C)C(C[S])CCCC. The summed E-state index contributed by atoms with van der Waals surface area (Å²) in [5.74, 6) is 2.62. The predicted octanol–water partition coefficient (Wildman–Crippen LogP) is 4.82. The van der Waals surface area contributed by atoms with Gasteiger partial charge in [0.25, 0.3) is 0 Å². The molecule has 0 heterocycles. The Labute approximate surface area is 89.9 Å². The van der Waals surface area contributed by atoms with Gasteiger partial charge in [-0.1, -0.05) is 65.5 Å². The summed E-state index contributed by atoms with van der Waals surface area (Å²) in [5, 5.41) is 0. The Balaban J connectivity index is 3.63. The molecule has 0 aromatic rings. The summed E-state index contributed by atoms with van der Waals surface area (Å²) in [7, 11) is 0. The van der Waals surface area contributed by atoms with Gasteiger partial charge in [-0.25, -0.2) is 0 Å². The molecule has 0 aromatic carbocycles. The minimum atomic E-state index is 0.807. The first kappa shape index (κ1) is 13.4. The molecule has 0 spiro atoms. The zero-order chi connectivity index (χ0) is 10.1. The predicted molar refractivity (Wildman–Crippen MR) is 64.2 cm³/mol. The summed E-state index contributed by atoms with van der Waals surface area (Å²) in [5.41, 5.74) is 0. The monoisotopic (exact) mass is 201 g/mol. The number of hydrogen-bond acceptors (Lipinski definition) is 0. The molecule has 2 unspecified atom stereocenters. The molecule has 0 saturated heterocycles. The van der Waals surface area contributed by atoms with Gasteiger partial charge in [-0.05, 0) is 18.3 Å². The highest BCUT2D eigenvalue weighted by Gasteiger charge is 2.14. The minimum Gasteiger partial charge on any atom is -0.0938 e. The van der Waals surface area contributed by atoms with Crippen LogP contribution >= 0.6 is 12.6 Å². The van der Waals surface area contributed by atoms with Crippen LogP contribution in [-0.4, -0.2) is 5.75 Å². The quantitative estimate of drug-likeness (QED) is 0.528. The van der Waals surface area contributed by atoms with Gasteiger partial charge in [0.2, 0.25) is 0 Å². The van der Waals surface area contributed by atoms with E-state index in [0.29, 0.717) is 0 Å².